The van der Waals surface area contributed by atoms with Crippen LogP contribution in [0.3, 0.4) is 0 Å². The fraction of sp³-hybridized carbons (Fsp3) is 0.562. The summed E-state index contributed by atoms with van der Waals surface area (Å²) in [5.41, 5.74) is 6.44. The lowest BCUT2D eigenvalue weighted by atomic mass is 9.84. The topological polar surface area (TPSA) is 70.6 Å². The lowest BCUT2D eigenvalue weighted by Gasteiger charge is -2.28. The highest BCUT2D eigenvalue weighted by atomic mass is 19.1. The average Bonchev–Trinajstić information content (AvgIpc) is 2.53. The van der Waals surface area contributed by atoms with E-state index in [0.717, 1.165) is 0 Å². The van der Waals surface area contributed by atoms with Crippen LogP contribution >= 0.6 is 0 Å². The highest BCUT2D eigenvalue weighted by Gasteiger charge is 2.19. The minimum atomic E-state index is -0.331. The minimum absolute atomic E-state index is 0.0796. The van der Waals surface area contributed by atoms with E-state index in [2.05, 4.69) is 17.4 Å². The number of nitrogens with zero attached hydrogens (tertiary/aromatic N) is 1. The minimum Gasteiger partial charge on any atom is -0.409 e. The molecule has 4 N–H and O–H groups in total. The van der Waals surface area contributed by atoms with Crippen molar-refractivity contribution in [3.05, 3.63) is 35.1 Å². The summed E-state index contributed by atoms with van der Waals surface area (Å²) in [6.07, 6.45) is 6.48. The molecule has 1 aromatic rings. The van der Waals surface area contributed by atoms with Crippen LogP contribution in [0.1, 0.15) is 50.2 Å². The van der Waals surface area contributed by atoms with Gasteiger partial charge in [0.2, 0.25) is 0 Å². The van der Waals surface area contributed by atoms with E-state index >= 15 is 0 Å². The van der Waals surface area contributed by atoms with Crippen molar-refractivity contribution in [3.8, 4) is 0 Å². The molecular formula is C16H24FN3O. The molecule has 1 aliphatic rings. The fourth-order valence-corrected chi connectivity index (χ4v) is 2.98. The maximum atomic E-state index is 14.0. The van der Waals surface area contributed by atoms with Gasteiger partial charge in [0.15, 0.2) is 5.84 Å². The number of hydrogen-bond acceptors (Lipinski definition) is 3. The van der Waals surface area contributed by atoms with Gasteiger partial charge < -0.3 is 16.3 Å². The van der Waals surface area contributed by atoms with Crippen molar-refractivity contribution in [2.24, 2.45) is 16.8 Å². The maximum Gasteiger partial charge on any atom is 0.170 e. The van der Waals surface area contributed by atoms with Crippen LogP contribution in [-0.4, -0.2) is 17.1 Å². The first-order valence-electron chi connectivity index (χ1n) is 7.61. The summed E-state index contributed by atoms with van der Waals surface area (Å²) >= 11 is 0. The lowest BCUT2D eigenvalue weighted by Crippen LogP contribution is -2.34. The normalized spacial score (nSPS) is 18.7. The molecular weight excluding hydrogens is 269 g/mol. The van der Waals surface area contributed by atoms with Gasteiger partial charge in [-0.15, -0.1) is 0 Å². The third kappa shape index (κ3) is 4.17. The molecule has 1 saturated carbocycles. The lowest BCUT2D eigenvalue weighted by molar-refractivity contribution is 0.280. The molecule has 116 valence electrons. The molecule has 1 fully saturated rings. The molecule has 1 aromatic carbocycles. The van der Waals surface area contributed by atoms with Crippen molar-refractivity contribution < 1.29 is 9.60 Å². The highest BCUT2D eigenvalue weighted by molar-refractivity contribution is 5.97. The molecule has 0 heterocycles. The smallest absolute Gasteiger partial charge is 0.170 e. The van der Waals surface area contributed by atoms with E-state index in [1.165, 1.54) is 38.2 Å². The number of rotatable bonds is 5. The Hall–Kier alpha value is -1.62. The van der Waals surface area contributed by atoms with Gasteiger partial charge >= 0.3 is 0 Å². The van der Waals surface area contributed by atoms with Crippen molar-refractivity contribution in [2.45, 2.75) is 51.6 Å². The van der Waals surface area contributed by atoms with E-state index in [-0.39, 0.29) is 11.7 Å². The summed E-state index contributed by atoms with van der Waals surface area (Å²) in [5, 5.41) is 14.9. The quantitative estimate of drug-likeness (QED) is 0.338. The van der Waals surface area contributed by atoms with E-state index in [9.17, 15) is 4.39 Å². The van der Waals surface area contributed by atoms with Crippen molar-refractivity contribution >= 4 is 5.84 Å². The van der Waals surface area contributed by atoms with E-state index in [1.54, 1.807) is 12.1 Å². The average molecular weight is 293 g/mol. The van der Waals surface area contributed by atoms with E-state index in [4.69, 9.17) is 10.9 Å². The predicted molar refractivity (Wildman–Crippen MR) is 81.8 cm³/mol. The summed E-state index contributed by atoms with van der Waals surface area (Å²) in [4.78, 5) is 0. The second-order valence-corrected chi connectivity index (χ2v) is 5.86. The number of amidine groups is 1. The number of oxime groups is 1. The Morgan fingerprint density at radius 2 is 2.14 bits per heavy atom. The second kappa shape index (κ2) is 7.41. The Bertz CT molecular complexity index is 498. The molecule has 4 nitrogen and oxygen atoms in total. The summed E-state index contributed by atoms with van der Waals surface area (Å²) in [7, 11) is 0. The van der Waals surface area contributed by atoms with Gasteiger partial charge in [-0.3, -0.25) is 0 Å². The fourth-order valence-electron chi connectivity index (χ4n) is 2.98. The van der Waals surface area contributed by atoms with Crippen LogP contribution in [0.25, 0.3) is 0 Å². The summed E-state index contributed by atoms with van der Waals surface area (Å²) in [6.45, 7) is 2.68. The van der Waals surface area contributed by atoms with Gasteiger partial charge in [0.1, 0.15) is 5.82 Å². The first-order valence-corrected chi connectivity index (χ1v) is 7.61. The third-order valence-electron chi connectivity index (χ3n) is 4.43. The molecule has 0 amide bonds. The summed E-state index contributed by atoms with van der Waals surface area (Å²) < 4.78 is 14.0. The SMILES string of the molecule is C[C@@H](NCc1ccc(/C(N)=N/O)cc1F)C1CCCCC1. The second-order valence-electron chi connectivity index (χ2n) is 5.86. The van der Waals surface area contributed by atoms with Gasteiger partial charge in [0.25, 0.3) is 0 Å². The predicted octanol–water partition coefficient (Wildman–Crippen LogP) is 2.98. The Kier molecular flexibility index (Phi) is 5.56. The molecule has 0 unspecified atom stereocenters. The van der Waals surface area contributed by atoms with Crippen LogP contribution in [-0.2, 0) is 6.54 Å². The first-order chi connectivity index (χ1) is 10.1. The zero-order valence-electron chi connectivity index (χ0n) is 12.5. The monoisotopic (exact) mass is 293 g/mol. The van der Waals surface area contributed by atoms with Gasteiger partial charge in [-0.05, 0) is 31.7 Å². The molecule has 0 spiro atoms. The van der Waals surface area contributed by atoms with Crippen LogP contribution in [0.4, 0.5) is 4.39 Å². The number of benzene rings is 1. The number of hydrogen-bond donors (Lipinski definition) is 3. The number of nitrogens with two attached hydrogens (primary N) is 1. The molecule has 0 aromatic heterocycles. The summed E-state index contributed by atoms with van der Waals surface area (Å²) in [6, 6.07) is 5.05. The van der Waals surface area contributed by atoms with Crippen LogP contribution < -0.4 is 11.1 Å². The zero-order valence-corrected chi connectivity index (χ0v) is 12.5. The Morgan fingerprint density at radius 3 is 2.76 bits per heavy atom. The number of halogens is 1. The molecule has 5 heteroatoms. The largest absolute Gasteiger partial charge is 0.409 e. The van der Waals surface area contributed by atoms with Crippen molar-refractivity contribution in [2.75, 3.05) is 0 Å². The van der Waals surface area contributed by atoms with Gasteiger partial charge in [0, 0.05) is 23.7 Å². The van der Waals surface area contributed by atoms with Crippen molar-refractivity contribution in [1.82, 2.24) is 5.32 Å². The Morgan fingerprint density at radius 1 is 1.43 bits per heavy atom. The van der Waals surface area contributed by atoms with Gasteiger partial charge in [-0.1, -0.05) is 36.6 Å². The van der Waals surface area contributed by atoms with Gasteiger partial charge in [0.05, 0.1) is 0 Å². The first kappa shape index (κ1) is 15.8. The van der Waals surface area contributed by atoms with Crippen molar-refractivity contribution in [1.29, 1.82) is 0 Å². The molecule has 2 rings (SSSR count). The molecule has 21 heavy (non-hydrogen) atoms. The van der Waals surface area contributed by atoms with Crippen LogP contribution in [0.5, 0.6) is 0 Å². The summed E-state index contributed by atoms with van der Waals surface area (Å²) in [5.74, 6) is 0.282. The maximum absolute atomic E-state index is 14.0. The van der Waals surface area contributed by atoms with Gasteiger partial charge in [-0.25, -0.2) is 4.39 Å². The molecule has 1 atom stereocenters. The number of nitrogens with one attached hydrogen (secondary N) is 1. The molecule has 0 bridgehead atoms. The molecule has 1 aliphatic carbocycles. The zero-order chi connectivity index (χ0) is 15.2. The van der Waals surface area contributed by atoms with Crippen LogP contribution in [0, 0.1) is 11.7 Å². The van der Waals surface area contributed by atoms with Crippen molar-refractivity contribution in [3.63, 3.8) is 0 Å². The Labute approximate surface area is 125 Å². The molecule has 0 aliphatic heterocycles. The van der Waals surface area contributed by atoms with E-state index < -0.39 is 0 Å². The highest BCUT2D eigenvalue weighted by Crippen LogP contribution is 2.26. The van der Waals surface area contributed by atoms with Crippen LogP contribution in [0.2, 0.25) is 0 Å². The van der Waals surface area contributed by atoms with E-state index in [1.807, 2.05) is 0 Å². The van der Waals surface area contributed by atoms with E-state index in [0.29, 0.717) is 29.6 Å². The molecule has 0 radical (unpaired) electrons. The third-order valence-corrected chi connectivity index (χ3v) is 4.43. The standard InChI is InChI=1S/C16H24FN3O/c1-11(12-5-3-2-4-6-12)19-10-14-8-7-13(9-15(14)17)16(18)20-21/h7-9,11-12,19,21H,2-6,10H2,1H3,(H2,18,20)/t11-/m1/s1. The molecule has 0 saturated heterocycles. The van der Waals surface area contributed by atoms with Gasteiger partial charge in [-0.2, -0.15) is 0 Å². The van der Waals surface area contributed by atoms with Crippen LogP contribution in [0.15, 0.2) is 23.4 Å². The Balaban J connectivity index is 1.93.